The van der Waals surface area contributed by atoms with E-state index in [4.69, 9.17) is 14.2 Å². The minimum absolute atomic E-state index is 0.0534. The minimum Gasteiger partial charge on any atom is -0.462 e. The SMILES string of the molecule is CC/C=C\C/C=C\C/C=C\CCCCCCOCC(COC(=O)CCCCC/C=C\C/C=C\C/C=C\CC)OC(=O)CCCCCCC/C=C\CCCC. The summed E-state index contributed by atoms with van der Waals surface area (Å²) in [5.41, 5.74) is 0. The fourth-order valence-electron chi connectivity index (χ4n) is 5.63. The van der Waals surface area contributed by atoms with Crippen molar-refractivity contribution >= 4 is 11.9 Å². The second kappa shape index (κ2) is 44.5. The highest BCUT2D eigenvalue weighted by Crippen LogP contribution is 2.11. The van der Waals surface area contributed by atoms with Crippen molar-refractivity contribution in [3.8, 4) is 0 Å². The van der Waals surface area contributed by atoms with Crippen LogP contribution in [0.15, 0.2) is 85.1 Å². The van der Waals surface area contributed by atoms with Gasteiger partial charge in [0.25, 0.3) is 0 Å². The third-order valence-electron chi connectivity index (χ3n) is 8.90. The van der Waals surface area contributed by atoms with E-state index in [0.717, 1.165) is 109 Å². The zero-order chi connectivity index (χ0) is 39.3. The van der Waals surface area contributed by atoms with Crippen molar-refractivity contribution in [2.75, 3.05) is 19.8 Å². The molecule has 1 unspecified atom stereocenters. The molecule has 0 saturated heterocycles. The number of carbonyl (C=O) groups excluding carboxylic acids is 2. The molecular formula is C49H82O5. The zero-order valence-electron chi connectivity index (χ0n) is 35.2. The number of allylic oxidation sites excluding steroid dienone is 14. The van der Waals surface area contributed by atoms with Crippen LogP contribution in [0, 0.1) is 0 Å². The molecule has 0 spiro atoms. The van der Waals surface area contributed by atoms with Crippen LogP contribution in [0.4, 0.5) is 0 Å². The van der Waals surface area contributed by atoms with Gasteiger partial charge < -0.3 is 14.2 Å². The summed E-state index contributed by atoms with van der Waals surface area (Å²) in [4.78, 5) is 25.2. The molecule has 5 nitrogen and oxygen atoms in total. The van der Waals surface area contributed by atoms with E-state index in [1.807, 2.05) is 0 Å². The molecule has 0 aliphatic heterocycles. The lowest BCUT2D eigenvalue weighted by atomic mass is 10.1. The summed E-state index contributed by atoms with van der Waals surface area (Å²) in [6.45, 7) is 7.45. The number of hydrogen-bond acceptors (Lipinski definition) is 5. The Morgan fingerprint density at radius 2 is 0.833 bits per heavy atom. The molecule has 0 heterocycles. The van der Waals surface area contributed by atoms with Gasteiger partial charge in [-0.25, -0.2) is 0 Å². The molecule has 0 rings (SSSR count). The van der Waals surface area contributed by atoms with Gasteiger partial charge >= 0.3 is 11.9 Å². The normalized spacial score (nSPS) is 13.0. The molecule has 0 aromatic rings. The van der Waals surface area contributed by atoms with Gasteiger partial charge in [-0.3, -0.25) is 9.59 Å². The number of rotatable bonds is 39. The molecule has 0 N–H and O–H groups in total. The Balaban J connectivity index is 4.37. The van der Waals surface area contributed by atoms with Crippen LogP contribution in [-0.4, -0.2) is 37.9 Å². The van der Waals surface area contributed by atoms with Crippen LogP contribution in [0.5, 0.6) is 0 Å². The van der Waals surface area contributed by atoms with E-state index in [9.17, 15) is 9.59 Å². The van der Waals surface area contributed by atoms with E-state index in [1.165, 1.54) is 44.9 Å². The van der Waals surface area contributed by atoms with Gasteiger partial charge in [-0.05, 0) is 103 Å². The fraction of sp³-hybridized carbons (Fsp3) is 0.673. The van der Waals surface area contributed by atoms with Crippen molar-refractivity contribution in [2.45, 2.75) is 194 Å². The average Bonchev–Trinajstić information content (AvgIpc) is 3.17. The van der Waals surface area contributed by atoms with Crippen LogP contribution in [0.1, 0.15) is 188 Å². The Bertz CT molecular complexity index is 1030. The molecule has 54 heavy (non-hydrogen) atoms. The lowest BCUT2D eigenvalue weighted by molar-refractivity contribution is -0.163. The van der Waals surface area contributed by atoms with Gasteiger partial charge in [0, 0.05) is 19.4 Å². The van der Waals surface area contributed by atoms with Crippen LogP contribution < -0.4 is 0 Å². The largest absolute Gasteiger partial charge is 0.462 e. The second-order valence-electron chi connectivity index (χ2n) is 14.2. The van der Waals surface area contributed by atoms with E-state index >= 15 is 0 Å². The number of esters is 2. The third kappa shape index (κ3) is 41.8. The van der Waals surface area contributed by atoms with Crippen molar-refractivity contribution in [1.29, 1.82) is 0 Å². The lowest BCUT2D eigenvalue weighted by Crippen LogP contribution is -2.30. The Morgan fingerprint density at radius 1 is 0.426 bits per heavy atom. The number of carbonyl (C=O) groups is 2. The van der Waals surface area contributed by atoms with E-state index in [0.29, 0.717) is 19.4 Å². The van der Waals surface area contributed by atoms with Gasteiger partial charge in [0.05, 0.1) is 6.61 Å². The molecular weight excluding hydrogens is 669 g/mol. The van der Waals surface area contributed by atoms with Crippen LogP contribution in [-0.2, 0) is 23.8 Å². The molecule has 308 valence electrons. The predicted octanol–water partition coefficient (Wildman–Crippen LogP) is 14.6. The van der Waals surface area contributed by atoms with Gasteiger partial charge in [-0.15, -0.1) is 0 Å². The molecule has 0 aromatic heterocycles. The second-order valence-corrected chi connectivity index (χ2v) is 14.2. The minimum atomic E-state index is -0.565. The highest BCUT2D eigenvalue weighted by Gasteiger charge is 2.17. The van der Waals surface area contributed by atoms with Crippen molar-refractivity contribution in [1.82, 2.24) is 0 Å². The molecule has 0 saturated carbocycles. The monoisotopic (exact) mass is 751 g/mol. The Labute approximate surface area is 333 Å². The van der Waals surface area contributed by atoms with Crippen molar-refractivity contribution in [3.05, 3.63) is 85.1 Å². The Kier molecular flexibility index (Phi) is 42.1. The maximum Gasteiger partial charge on any atom is 0.306 e. The Hall–Kier alpha value is -2.92. The summed E-state index contributed by atoms with van der Waals surface area (Å²) in [5, 5.41) is 0. The molecule has 0 aliphatic rings. The smallest absolute Gasteiger partial charge is 0.306 e. The first-order valence-corrected chi connectivity index (χ1v) is 22.1. The molecule has 0 aromatic carbocycles. The quantitative estimate of drug-likeness (QED) is 0.0356. The summed E-state index contributed by atoms with van der Waals surface area (Å²) in [5.74, 6) is -0.462. The van der Waals surface area contributed by atoms with Crippen molar-refractivity contribution < 1.29 is 23.8 Å². The van der Waals surface area contributed by atoms with Crippen molar-refractivity contribution in [2.24, 2.45) is 0 Å². The number of hydrogen-bond donors (Lipinski definition) is 0. The summed E-state index contributed by atoms with van der Waals surface area (Å²) in [6.07, 6.45) is 57.3. The topological polar surface area (TPSA) is 61.8 Å². The number of ether oxygens (including phenoxy) is 3. The highest BCUT2D eigenvalue weighted by molar-refractivity contribution is 5.70. The van der Waals surface area contributed by atoms with Gasteiger partial charge in [0.1, 0.15) is 6.61 Å². The maximum atomic E-state index is 12.7. The zero-order valence-corrected chi connectivity index (χ0v) is 35.2. The molecule has 5 heteroatoms. The van der Waals surface area contributed by atoms with E-state index < -0.39 is 6.10 Å². The van der Waals surface area contributed by atoms with E-state index in [1.54, 1.807) is 0 Å². The predicted molar refractivity (Wildman–Crippen MR) is 233 cm³/mol. The first kappa shape index (κ1) is 51.1. The molecule has 0 amide bonds. The maximum absolute atomic E-state index is 12.7. The van der Waals surface area contributed by atoms with Crippen LogP contribution >= 0.6 is 0 Å². The summed E-state index contributed by atoms with van der Waals surface area (Å²) < 4.78 is 17.2. The van der Waals surface area contributed by atoms with Crippen LogP contribution in [0.3, 0.4) is 0 Å². The fourth-order valence-corrected chi connectivity index (χ4v) is 5.63. The standard InChI is InChI=1S/C49H82O5/c1-4-7-10-13-16-19-22-24-26-29-32-35-38-41-44-52-45-47(54-49(51)43-40-37-34-31-27-21-18-15-12-9-6-3)46-53-48(50)42-39-36-33-30-28-25-23-20-17-14-11-8-5-2/h7-8,10-11,15-20,24-26,28,47H,4-6,9,12-14,21-23,27,29-46H2,1-3H3/b10-7-,11-8-,18-15-,19-16-,20-17-,26-24-,28-25-. The van der Waals surface area contributed by atoms with Gasteiger partial charge in [-0.1, -0.05) is 157 Å². The van der Waals surface area contributed by atoms with Crippen LogP contribution in [0.2, 0.25) is 0 Å². The molecule has 0 fully saturated rings. The van der Waals surface area contributed by atoms with Gasteiger partial charge in [-0.2, -0.15) is 0 Å². The molecule has 0 radical (unpaired) electrons. The first-order valence-electron chi connectivity index (χ1n) is 22.1. The lowest BCUT2D eigenvalue weighted by Gasteiger charge is -2.18. The first-order chi connectivity index (χ1) is 26.6. The van der Waals surface area contributed by atoms with Gasteiger partial charge in [0.15, 0.2) is 6.10 Å². The summed E-state index contributed by atoms with van der Waals surface area (Å²) >= 11 is 0. The van der Waals surface area contributed by atoms with E-state index in [-0.39, 0.29) is 25.2 Å². The van der Waals surface area contributed by atoms with Gasteiger partial charge in [0.2, 0.25) is 0 Å². The Morgan fingerprint density at radius 3 is 1.37 bits per heavy atom. The van der Waals surface area contributed by atoms with Crippen molar-refractivity contribution in [3.63, 3.8) is 0 Å². The number of unbranched alkanes of at least 4 members (excludes halogenated alkanes) is 14. The highest BCUT2D eigenvalue weighted by atomic mass is 16.6. The molecule has 1 atom stereocenters. The average molecular weight is 751 g/mol. The summed E-state index contributed by atoms with van der Waals surface area (Å²) in [7, 11) is 0. The molecule has 0 aliphatic carbocycles. The molecule has 0 bridgehead atoms. The third-order valence-corrected chi connectivity index (χ3v) is 8.90. The van der Waals surface area contributed by atoms with Crippen LogP contribution in [0.25, 0.3) is 0 Å². The summed E-state index contributed by atoms with van der Waals surface area (Å²) in [6, 6.07) is 0. The van der Waals surface area contributed by atoms with E-state index in [2.05, 4.69) is 106 Å².